The van der Waals surface area contributed by atoms with Crippen LogP contribution in [0.25, 0.3) is 17.2 Å². The van der Waals surface area contributed by atoms with E-state index in [4.69, 9.17) is 22.8 Å². The molecule has 7 heteroatoms. The van der Waals surface area contributed by atoms with E-state index < -0.39 is 8.80 Å². The van der Waals surface area contributed by atoms with Crippen molar-refractivity contribution >= 4 is 14.9 Å². The summed E-state index contributed by atoms with van der Waals surface area (Å²) in [5, 5.41) is 10.4. The van der Waals surface area contributed by atoms with Crippen LogP contribution in [-0.2, 0) is 19.7 Å². The maximum Gasteiger partial charge on any atom is 0.500 e. The third-order valence-corrected chi connectivity index (χ3v) is 10.1. The Bertz CT molecular complexity index is 1160. The predicted octanol–water partition coefficient (Wildman–Crippen LogP) is 8.70. The van der Waals surface area contributed by atoms with Gasteiger partial charge in [-0.05, 0) is 112 Å². The Morgan fingerprint density at radius 2 is 1.19 bits per heavy atom. The number of aromatic hydroxyl groups is 1. The first kappa shape index (κ1) is 33.4. The minimum absolute atomic E-state index is 0.288. The summed E-state index contributed by atoms with van der Waals surface area (Å²) in [5.74, 6) is 1.97. The zero-order valence-corrected chi connectivity index (χ0v) is 26.6. The molecule has 1 N–H and O–H groups in total. The maximum atomic E-state index is 10.4. The Labute approximate surface area is 253 Å². The van der Waals surface area contributed by atoms with Gasteiger partial charge in [-0.25, -0.2) is 0 Å². The lowest BCUT2D eigenvalue weighted by Gasteiger charge is -2.28. The van der Waals surface area contributed by atoms with E-state index in [0.29, 0.717) is 45.5 Å². The van der Waals surface area contributed by atoms with Crippen molar-refractivity contribution in [2.45, 2.75) is 65.3 Å². The van der Waals surface area contributed by atoms with Crippen LogP contribution < -0.4 is 9.47 Å². The SMILES string of the molecule is C=Cc1ccc(-c2ccc(OCCCCCCOc3ccc(O)c(CCC[Si](OCC)(OCC)OCC)c3)cc2)cc1. The number of rotatable bonds is 21. The lowest BCUT2D eigenvalue weighted by Crippen LogP contribution is -2.46. The first-order valence-electron chi connectivity index (χ1n) is 15.3. The Hall–Kier alpha value is -3.10. The van der Waals surface area contributed by atoms with E-state index in [1.54, 1.807) is 6.07 Å². The molecule has 0 heterocycles. The molecule has 0 unspecified atom stereocenters. The molecule has 0 aliphatic rings. The molecule has 0 amide bonds. The van der Waals surface area contributed by atoms with Gasteiger partial charge in [0.2, 0.25) is 0 Å². The molecule has 3 aromatic rings. The normalized spacial score (nSPS) is 11.4. The van der Waals surface area contributed by atoms with Crippen LogP contribution >= 0.6 is 0 Å². The fourth-order valence-corrected chi connectivity index (χ4v) is 7.45. The van der Waals surface area contributed by atoms with E-state index in [-0.39, 0.29) is 5.75 Å². The van der Waals surface area contributed by atoms with E-state index in [0.717, 1.165) is 54.7 Å². The summed E-state index contributed by atoms with van der Waals surface area (Å²) in [7, 11) is -2.68. The molecule has 3 rings (SSSR count). The lowest BCUT2D eigenvalue weighted by atomic mass is 10.0. The molecular formula is C35H48O6Si. The van der Waals surface area contributed by atoms with Crippen LogP contribution in [0.15, 0.2) is 73.3 Å². The highest BCUT2D eigenvalue weighted by atomic mass is 28.4. The first-order valence-corrected chi connectivity index (χ1v) is 17.3. The number of hydrogen-bond acceptors (Lipinski definition) is 6. The van der Waals surface area contributed by atoms with Crippen molar-refractivity contribution in [2.75, 3.05) is 33.0 Å². The Morgan fingerprint density at radius 3 is 1.74 bits per heavy atom. The van der Waals surface area contributed by atoms with E-state index >= 15 is 0 Å². The van der Waals surface area contributed by atoms with Gasteiger partial charge in [-0.2, -0.15) is 0 Å². The zero-order chi connectivity index (χ0) is 30.0. The van der Waals surface area contributed by atoms with Crippen molar-refractivity contribution in [3.05, 3.63) is 84.4 Å². The second kappa shape index (κ2) is 18.4. The second-order valence-electron chi connectivity index (χ2n) is 10.1. The van der Waals surface area contributed by atoms with Crippen molar-refractivity contribution in [3.63, 3.8) is 0 Å². The molecule has 0 fully saturated rings. The number of ether oxygens (including phenoxy) is 2. The van der Waals surface area contributed by atoms with Crippen molar-refractivity contribution in [1.29, 1.82) is 0 Å². The van der Waals surface area contributed by atoms with Crippen LogP contribution in [0.5, 0.6) is 17.2 Å². The summed E-state index contributed by atoms with van der Waals surface area (Å²) in [6, 6.07) is 22.8. The number of phenolic OH excluding ortho intramolecular Hbond substituents is 1. The fraction of sp³-hybridized carbons (Fsp3) is 0.429. The number of aryl methyl sites for hydroxylation is 1. The standard InChI is InChI=1S/C35H48O6Si/c1-5-29-15-17-30(18-16-29)31-19-21-33(22-20-31)37-25-11-9-10-12-26-38-34-23-24-35(36)32(28-34)14-13-27-42(39-6-2,40-7-3)41-8-4/h5,15-24,28,36H,1,6-14,25-27H2,2-4H3. The first-order chi connectivity index (χ1) is 20.5. The Morgan fingerprint density at radius 1 is 0.667 bits per heavy atom. The van der Waals surface area contributed by atoms with Gasteiger partial charge in [0, 0.05) is 25.9 Å². The molecule has 0 saturated carbocycles. The molecule has 0 aliphatic carbocycles. The average Bonchev–Trinajstić information content (AvgIpc) is 3.00. The van der Waals surface area contributed by atoms with E-state index in [1.807, 2.05) is 51.1 Å². The summed E-state index contributed by atoms with van der Waals surface area (Å²) in [6.45, 7) is 12.7. The predicted molar refractivity (Wildman–Crippen MR) is 173 cm³/mol. The summed E-state index contributed by atoms with van der Waals surface area (Å²) < 4.78 is 29.8. The topological polar surface area (TPSA) is 66.4 Å². The molecule has 0 aliphatic heterocycles. The molecule has 0 saturated heterocycles. The van der Waals surface area contributed by atoms with Crippen molar-refractivity contribution in [3.8, 4) is 28.4 Å². The minimum Gasteiger partial charge on any atom is -0.508 e. The molecule has 0 aromatic heterocycles. The van der Waals surface area contributed by atoms with Gasteiger partial charge in [0.15, 0.2) is 0 Å². The van der Waals surface area contributed by atoms with E-state index in [1.165, 1.54) is 11.1 Å². The average molecular weight is 593 g/mol. The summed E-state index contributed by atoms with van der Waals surface area (Å²) in [5.41, 5.74) is 4.35. The van der Waals surface area contributed by atoms with Crippen molar-refractivity contribution in [2.24, 2.45) is 0 Å². The van der Waals surface area contributed by atoms with Gasteiger partial charge in [0.25, 0.3) is 0 Å². The fourth-order valence-electron chi connectivity index (χ4n) is 4.84. The Kier molecular flexibility index (Phi) is 14.7. The highest BCUT2D eigenvalue weighted by molar-refractivity contribution is 6.60. The van der Waals surface area contributed by atoms with Gasteiger partial charge in [0.05, 0.1) is 13.2 Å². The van der Waals surface area contributed by atoms with Crippen LogP contribution in [0.1, 0.15) is 64.0 Å². The highest BCUT2D eigenvalue weighted by Gasteiger charge is 2.39. The molecule has 3 aromatic carbocycles. The number of phenols is 1. The third-order valence-electron chi connectivity index (χ3n) is 6.98. The molecule has 42 heavy (non-hydrogen) atoms. The number of benzene rings is 3. The smallest absolute Gasteiger partial charge is 0.500 e. The van der Waals surface area contributed by atoms with Gasteiger partial charge in [-0.15, -0.1) is 0 Å². The molecule has 0 radical (unpaired) electrons. The minimum atomic E-state index is -2.68. The number of hydrogen-bond donors (Lipinski definition) is 1. The van der Waals surface area contributed by atoms with Crippen LogP contribution in [0.2, 0.25) is 6.04 Å². The van der Waals surface area contributed by atoms with Crippen molar-refractivity contribution in [1.82, 2.24) is 0 Å². The molecule has 0 atom stereocenters. The van der Waals surface area contributed by atoms with Crippen LogP contribution in [-0.4, -0.2) is 46.9 Å². The highest BCUT2D eigenvalue weighted by Crippen LogP contribution is 2.27. The van der Waals surface area contributed by atoms with Crippen LogP contribution in [0, 0.1) is 0 Å². The third kappa shape index (κ3) is 10.9. The lowest BCUT2D eigenvalue weighted by molar-refractivity contribution is 0.0708. The van der Waals surface area contributed by atoms with Gasteiger partial charge in [0.1, 0.15) is 17.2 Å². The molecule has 0 spiro atoms. The quantitative estimate of drug-likeness (QED) is 0.0986. The van der Waals surface area contributed by atoms with E-state index in [9.17, 15) is 5.11 Å². The largest absolute Gasteiger partial charge is 0.508 e. The maximum absolute atomic E-state index is 10.4. The van der Waals surface area contributed by atoms with Crippen LogP contribution in [0.3, 0.4) is 0 Å². The molecule has 0 bridgehead atoms. The summed E-state index contributed by atoms with van der Waals surface area (Å²) >= 11 is 0. The molecule has 228 valence electrons. The van der Waals surface area contributed by atoms with Gasteiger partial charge < -0.3 is 27.9 Å². The van der Waals surface area contributed by atoms with Gasteiger partial charge in [-0.3, -0.25) is 0 Å². The summed E-state index contributed by atoms with van der Waals surface area (Å²) in [6.07, 6.45) is 7.50. The van der Waals surface area contributed by atoms with Gasteiger partial charge >= 0.3 is 8.80 Å². The summed E-state index contributed by atoms with van der Waals surface area (Å²) in [4.78, 5) is 0. The monoisotopic (exact) mass is 592 g/mol. The van der Waals surface area contributed by atoms with Crippen LogP contribution in [0.4, 0.5) is 0 Å². The van der Waals surface area contributed by atoms with Crippen molar-refractivity contribution < 1.29 is 27.9 Å². The molecule has 6 nitrogen and oxygen atoms in total. The second-order valence-corrected chi connectivity index (χ2v) is 12.8. The molecular weight excluding hydrogens is 544 g/mol. The van der Waals surface area contributed by atoms with Gasteiger partial charge in [-0.1, -0.05) is 49.1 Å². The number of unbranched alkanes of at least 4 members (excludes halogenated alkanes) is 3. The Balaban J connectivity index is 1.32. The zero-order valence-electron chi connectivity index (χ0n) is 25.6. The van der Waals surface area contributed by atoms with E-state index in [2.05, 4.69) is 43.0 Å².